The fraction of sp³-hybridized carbons (Fsp3) is 0.450. The summed E-state index contributed by atoms with van der Waals surface area (Å²) in [4.78, 5) is 29.2. The van der Waals surface area contributed by atoms with Gasteiger partial charge in [0.25, 0.3) is 5.91 Å². The molecular weight excluding hydrogens is 397 g/mol. The van der Waals surface area contributed by atoms with Crippen molar-refractivity contribution in [3.8, 4) is 0 Å². The van der Waals surface area contributed by atoms with Gasteiger partial charge in [-0.1, -0.05) is 18.5 Å². The summed E-state index contributed by atoms with van der Waals surface area (Å²) in [6, 6.07) is 3.63. The van der Waals surface area contributed by atoms with Gasteiger partial charge in [0.1, 0.15) is 11.5 Å². The molecule has 0 radical (unpaired) electrons. The van der Waals surface area contributed by atoms with Crippen molar-refractivity contribution >= 4 is 29.2 Å². The molecule has 2 unspecified atom stereocenters. The predicted molar refractivity (Wildman–Crippen MR) is 107 cm³/mol. The minimum absolute atomic E-state index is 0.0542. The molecule has 29 heavy (non-hydrogen) atoms. The lowest BCUT2D eigenvalue weighted by Crippen LogP contribution is -2.45. The molecule has 0 aliphatic carbocycles. The number of urea groups is 1. The Morgan fingerprint density at radius 1 is 1.31 bits per heavy atom. The van der Waals surface area contributed by atoms with Gasteiger partial charge in [-0.2, -0.15) is 5.10 Å². The van der Waals surface area contributed by atoms with Gasteiger partial charge in [-0.05, 0) is 31.0 Å². The van der Waals surface area contributed by atoms with E-state index in [4.69, 9.17) is 11.6 Å². The van der Waals surface area contributed by atoms with Gasteiger partial charge in [0.15, 0.2) is 0 Å². The van der Waals surface area contributed by atoms with E-state index in [0.717, 1.165) is 11.3 Å². The van der Waals surface area contributed by atoms with Gasteiger partial charge in [-0.3, -0.25) is 9.48 Å². The zero-order chi connectivity index (χ0) is 20.9. The zero-order valence-corrected chi connectivity index (χ0v) is 17.3. The third kappa shape index (κ3) is 3.57. The molecule has 1 aromatic heterocycles. The van der Waals surface area contributed by atoms with Crippen molar-refractivity contribution in [3.05, 3.63) is 46.0 Å². The monoisotopic (exact) mass is 419 g/mol. The molecule has 2 aliphatic rings. The highest BCUT2D eigenvalue weighted by molar-refractivity contribution is 6.31. The molecule has 2 aliphatic heterocycles. The van der Waals surface area contributed by atoms with Crippen molar-refractivity contribution < 1.29 is 14.0 Å². The van der Waals surface area contributed by atoms with Crippen LogP contribution in [0.4, 0.5) is 14.9 Å². The molecule has 154 valence electrons. The first-order valence-corrected chi connectivity index (χ1v) is 9.99. The van der Waals surface area contributed by atoms with Gasteiger partial charge in [-0.15, -0.1) is 0 Å². The summed E-state index contributed by atoms with van der Waals surface area (Å²) in [5.74, 6) is -0.310. The van der Waals surface area contributed by atoms with Gasteiger partial charge < -0.3 is 15.1 Å². The highest BCUT2D eigenvalue weighted by atomic mass is 35.5. The van der Waals surface area contributed by atoms with E-state index in [-0.39, 0.29) is 23.0 Å². The Bertz CT molecular complexity index is 991. The lowest BCUT2D eigenvalue weighted by Gasteiger charge is -2.33. The summed E-state index contributed by atoms with van der Waals surface area (Å²) >= 11 is 5.81. The molecule has 3 heterocycles. The first-order valence-electron chi connectivity index (χ1n) is 9.61. The Hall–Kier alpha value is -2.61. The molecular formula is C20H23ClFN5O2. The van der Waals surface area contributed by atoms with Crippen molar-refractivity contribution in [3.63, 3.8) is 0 Å². The van der Waals surface area contributed by atoms with Gasteiger partial charge >= 0.3 is 6.03 Å². The molecule has 0 saturated heterocycles. The number of carbonyl (C=O) groups excluding carboxylic acids is 2. The number of fused-ring (bicyclic) bond motifs is 3. The van der Waals surface area contributed by atoms with Crippen LogP contribution in [-0.2, 0) is 19.5 Å². The van der Waals surface area contributed by atoms with E-state index in [0.29, 0.717) is 43.4 Å². The molecule has 0 saturated carbocycles. The van der Waals surface area contributed by atoms with Crippen molar-refractivity contribution in [1.29, 1.82) is 0 Å². The number of amides is 3. The van der Waals surface area contributed by atoms with E-state index >= 15 is 0 Å². The normalized spacial score (nSPS) is 21.5. The Morgan fingerprint density at radius 2 is 2.07 bits per heavy atom. The number of nitrogens with one attached hydrogen (secondary N) is 1. The molecule has 1 aromatic carbocycles. The number of rotatable bonds is 1. The zero-order valence-electron chi connectivity index (χ0n) is 16.6. The topological polar surface area (TPSA) is 70.5 Å². The van der Waals surface area contributed by atoms with Gasteiger partial charge in [0.05, 0.1) is 17.3 Å². The van der Waals surface area contributed by atoms with Crippen LogP contribution >= 0.6 is 11.6 Å². The Morgan fingerprint density at radius 3 is 2.79 bits per heavy atom. The third-order valence-corrected chi connectivity index (χ3v) is 5.82. The number of hydrogen-bond donors (Lipinski definition) is 1. The quantitative estimate of drug-likeness (QED) is 0.770. The van der Waals surface area contributed by atoms with Gasteiger partial charge in [0.2, 0.25) is 0 Å². The van der Waals surface area contributed by atoms with Gasteiger partial charge in [-0.25, -0.2) is 9.18 Å². The molecule has 0 spiro atoms. The first kappa shape index (κ1) is 19.7. The molecule has 7 nitrogen and oxygen atoms in total. The lowest BCUT2D eigenvalue weighted by molar-refractivity contribution is 0.0781. The number of hydrogen-bond acceptors (Lipinski definition) is 3. The Labute approximate surface area is 173 Å². The SMILES string of the molecule is CC1CN(C)C(=O)c2c3c(nn2C1)CC(C)N(C(=O)Nc1ccc(F)c(Cl)c1)C3. The molecule has 2 atom stereocenters. The molecule has 3 amide bonds. The van der Waals surface area contributed by atoms with Crippen LogP contribution in [0.25, 0.3) is 0 Å². The minimum Gasteiger partial charge on any atom is -0.340 e. The van der Waals surface area contributed by atoms with Crippen molar-refractivity contribution in [2.45, 2.75) is 39.4 Å². The highest BCUT2D eigenvalue weighted by Gasteiger charge is 2.36. The van der Waals surface area contributed by atoms with E-state index in [2.05, 4.69) is 17.3 Å². The number of carbonyl (C=O) groups is 2. The number of nitrogens with zero attached hydrogens (tertiary/aromatic N) is 4. The second-order valence-corrected chi connectivity index (χ2v) is 8.39. The second-order valence-electron chi connectivity index (χ2n) is 7.99. The van der Waals surface area contributed by atoms with Crippen molar-refractivity contribution in [1.82, 2.24) is 19.6 Å². The van der Waals surface area contributed by atoms with Crippen LogP contribution in [0.15, 0.2) is 18.2 Å². The number of halogens is 2. The molecule has 2 aromatic rings. The summed E-state index contributed by atoms with van der Waals surface area (Å²) in [5.41, 5.74) is 2.66. The molecule has 1 N–H and O–H groups in total. The first-order chi connectivity index (χ1) is 13.7. The largest absolute Gasteiger partial charge is 0.340 e. The average Bonchev–Trinajstić information content (AvgIpc) is 2.94. The maximum atomic E-state index is 13.4. The minimum atomic E-state index is -0.542. The lowest BCUT2D eigenvalue weighted by atomic mass is 9.99. The van der Waals surface area contributed by atoms with Crippen LogP contribution in [0.2, 0.25) is 5.02 Å². The van der Waals surface area contributed by atoms with Crippen LogP contribution in [0.5, 0.6) is 0 Å². The Balaban J connectivity index is 1.61. The average molecular weight is 420 g/mol. The van der Waals surface area contributed by atoms with E-state index in [9.17, 15) is 14.0 Å². The van der Waals surface area contributed by atoms with E-state index in [1.165, 1.54) is 18.2 Å². The van der Waals surface area contributed by atoms with Gasteiger partial charge in [0, 0.05) is 43.9 Å². The third-order valence-electron chi connectivity index (χ3n) is 5.53. The predicted octanol–water partition coefficient (Wildman–Crippen LogP) is 3.38. The number of aromatic nitrogens is 2. The molecule has 4 rings (SSSR count). The highest BCUT2D eigenvalue weighted by Crippen LogP contribution is 2.29. The summed E-state index contributed by atoms with van der Waals surface area (Å²) in [5, 5.41) is 7.40. The van der Waals surface area contributed by atoms with Crippen LogP contribution in [-0.4, -0.2) is 51.2 Å². The van der Waals surface area contributed by atoms with Crippen molar-refractivity contribution in [2.75, 3.05) is 18.9 Å². The standard InChI is InChI=1S/C20H23ClFN5O2/c1-11-8-25(3)19(28)18-14-10-26(12(2)6-17(14)24-27(18)9-11)20(29)23-13-4-5-16(22)15(21)7-13/h4-5,7,11-12H,6,8-10H2,1-3H3,(H,23,29). The summed E-state index contributed by atoms with van der Waals surface area (Å²) in [6.07, 6.45) is 0.568. The summed E-state index contributed by atoms with van der Waals surface area (Å²) < 4.78 is 15.2. The molecule has 0 bridgehead atoms. The van der Waals surface area contributed by atoms with E-state index in [1.54, 1.807) is 21.5 Å². The fourth-order valence-corrected chi connectivity index (χ4v) is 4.27. The number of anilines is 1. The van der Waals surface area contributed by atoms with Crippen LogP contribution in [0.1, 0.15) is 35.6 Å². The number of benzene rings is 1. The van der Waals surface area contributed by atoms with E-state index in [1.807, 2.05) is 6.92 Å². The van der Waals surface area contributed by atoms with E-state index < -0.39 is 5.82 Å². The van der Waals surface area contributed by atoms with Crippen molar-refractivity contribution in [2.24, 2.45) is 5.92 Å². The molecule has 0 fully saturated rings. The maximum Gasteiger partial charge on any atom is 0.322 e. The summed E-state index contributed by atoms with van der Waals surface area (Å²) in [6.45, 7) is 5.67. The van der Waals surface area contributed by atoms with Crippen LogP contribution in [0, 0.1) is 11.7 Å². The fourth-order valence-electron chi connectivity index (χ4n) is 4.09. The van der Waals surface area contributed by atoms with Crippen LogP contribution < -0.4 is 5.32 Å². The second kappa shape index (κ2) is 7.33. The van der Waals surface area contributed by atoms with Crippen LogP contribution in [0.3, 0.4) is 0 Å². The molecule has 9 heteroatoms. The summed E-state index contributed by atoms with van der Waals surface area (Å²) in [7, 11) is 1.79. The Kier molecular flexibility index (Phi) is 4.98. The smallest absolute Gasteiger partial charge is 0.322 e. The maximum absolute atomic E-state index is 13.4.